The standard InChI is InChI=1S/C17H24N2OS/c1-6-9-18-16(15-10-19-13(4)21-15)14-8-7-11(2)12(3)17(14)20-5/h7-8,10,16,18H,6,9H2,1-5H3. The summed E-state index contributed by atoms with van der Waals surface area (Å²) in [5.74, 6) is 0.981. The summed E-state index contributed by atoms with van der Waals surface area (Å²) >= 11 is 1.74. The van der Waals surface area contributed by atoms with E-state index in [4.69, 9.17) is 4.74 Å². The molecule has 1 unspecified atom stereocenters. The van der Waals surface area contributed by atoms with Crippen molar-refractivity contribution in [1.82, 2.24) is 10.3 Å². The highest BCUT2D eigenvalue weighted by molar-refractivity contribution is 7.11. The molecule has 21 heavy (non-hydrogen) atoms. The van der Waals surface area contributed by atoms with Crippen molar-refractivity contribution in [3.63, 3.8) is 0 Å². The Bertz CT molecular complexity index is 607. The molecule has 2 aromatic rings. The second-order valence-electron chi connectivity index (χ2n) is 5.30. The first-order chi connectivity index (χ1) is 10.1. The highest BCUT2D eigenvalue weighted by atomic mass is 32.1. The van der Waals surface area contributed by atoms with Crippen molar-refractivity contribution in [1.29, 1.82) is 0 Å². The van der Waals surface area contributed by atoms with Crippen LogP contribution in [0.3, 0.4) is 0 Å². The summed E-state index contributed by atoms with van der Waals surface area (Å²) in [5, 5.41) is 4.72. The highest BCUT2D eigenvalue weighted by Crippen LogP contribution is 2.35. The molecule has 1 atom stereocenters. The van der Waals surface area contributed by atoms with Gasteiger partial charge in [0.2, 0.25) is 0 Å². The van der Waals surface area contributed by atoms with Gasteiger partial charge in [0.05, 0.1) is 18.2 Å². The summed E-state index contributed by atoms with van der Waals surface area (Å²) in [4.78, 5) is 5.64. The topological polar surface area (TPSA) is 34.2 Å². The SMILES string of the molecule is CCCNC(c1cnc(C)s1)c1ccc(C)c(C)c1OC. The van der Waals surface area contributed by atoms with Crippen LogP contribution in [0.2, 0.25) is 0 Å². The van der Waals surface area contributed by atoms with Gasteiger partial charge >= 0.3 is 0 Å². The van der Waals surface area contributed by atoms with Crippen molar-refractivity contribution in [3.05, 3.63) is 44.9 Å². The molecule has 114 valence electrons. The summed E-state index contributed by atoms with van der Waals surface area (Å²) in [6.45, 7) is 9.43. The van der Waals surface area contributed by atoms with E-state index in [2.05, 4.69) is 43.2 Å². The molecule has 0 amide bonds. The number of aryl methyl sites for hydroxylation is 2. The van der Waals surface area contributed by atoms with Gasteiger partial charge in [-0.2, -0.15) is 0 Å². The van der Waals surface area contributed by atoms with Crippen LogP contribution in [0.15, 0.2) is 18.3 Å². The summed E-state index contributed by atoms with van der Waals surface area (Å²) in [7, 11) is 1.75. The maximum atomic E-state index is 5.69. The molecular weight excluding hydrogens is 280 g/mol. The second-order valence-corrected chi connectivity index (χ2v) is 6.57. The number of aromatic nitrogens is 1. The normalized spacial score (nSPS) is 12.4. The van der Waals surface area contributed by atoms with Crippen LogP contribution in [0.4, 0.5) is 0 Å². The fraction of sp³-hybridized carbons (Fsp3) is 0.471. The summed E-state index contributed by atoms with van der Waals surface area (Å²) < 4.78 is 5.69. The molecule has 1 aromatic carbocycles. The Kier molecular flexibility index (Phi) is 5.37. The number of nitrogens with zero attached hydrogens (tertiary/aromatic N) is 1. The van der Waals surface area contributed by atoms with Gasteiger partial charge in [-0.3, -0.25) is 0 Å². The van der Waals surface area contributed by atoms with Gasteiger partial charge in [0.15, 0.2) is 0 Å². The molecular formula is C17H24N2OS. The van der Waals surface area contributed by atoms with Gasteiger partial charge in [-0.05, 0) is 44.9 Å². The van der Waals surface area contributed by atoms with Crippen molar-refractivity contribution < 1.29 is 4.74 Å². The molecule has 1 heterocycles. The Hall–Kier alpha value is -1.39. The van der Waals surface area contributed by atoms with Crippen LogP contribution in [0.1, 0.15) is 46.0 Å². The van der Waals surface area contributed by atoms with Gasteiger partial charge in [0, 0.05) is 16.6 Å². The molecule has 3 nitrogen and oxygen atoms in total. The Morgan fingerprint density at radius 1 is 1.29 bits per heavy atom. The number of ether oxygens (including phenoxy) is 1. The summed E-state index contributed by atoms with van der Waals surface area (Å²) in [6.07, 6.45) is 3.07. The third-order valence-corrected chi connectivity index (χ3v) is 4.72. The van der Waals surface area contributed by atoms with Crippen molar-refractivity contribution in [2.75, 3.05) is 13.7 Å². The number of hydrogen-bond acceptors (Lipinski definition) is 4. The number of hydrogen-bond donors (Lipinski definition) is 1. The quantitative estimate of drug-likeness (QED) is 0.870. The van der Waals surface area contributed by atoms with Crippen LogP contribution >= 0.6 is 11.3 Å². The van der Waals surface area contributed by atoms with Crippen LogP contribution in [0.5, 0.6) is 5.75 Å². The highest BCUT2D eigenvalue weighted by Gasteiger charge is 2.21. The predicted molar refractivity (Wildman–Crippen MR) is 89.5 cm³/mol. The van der Waals surface area contributed by atoms with Gasteiger partial charge in [-0.1, -0.05) is 19.1 Å². The molecule has 0 aliphatic carbocycles. The molecule has 0 saturated carbocycles. The van der Waals surface area contributed by atoms with E-state index in [0.717, 1.165) is 23.7 Å². The van der Waals surface area contributed by atoms with Gasteiger partial charge in [0.25, 0.3) is 0 Å². The van der Waals surface area contributed by atoms with Gasteiger partial charge in [0.1, 0.15) is 5.75 Å². The van der Waals surface area contributed by atoms with Crippen LogP contribution < -0.4 is 10.1 Å². The fourth-order valence-corrected chi connectivity index (χ4v) is 3.35. The average molecular weight is 304 g/mol. The lowest BCUT2D eigenvalue weighted by molar-refractivity contribution is 0.400. The van der Waals surface area contributed by atoms with Gasteiger partial charge in [-0.25, -0.2) is 4.98 Å². The first kappa shape index (κ1) is 16.0. The van der Waals surface area contributed by atoms with Crippen LogP contribution in [-0.2, 0) is 0 Å². The van der Waals surface area contributed by atoms with E-state index in [1.807, 2.05) is 13.1 Å². The minimum absolute atomic E-state index is 0.144. The molecule has 0 bridgehead atoms. The second kappa shape index (κ2) is 7.05. The Morgan fingerprint density at radius 2 is 2.05 bits per heavy atom. The van der Waals surface area contributed by atoms with Crippen LogP contribution in [0.25, 0.3) is 0 Å². The van der Waals surface area contributed by atoms with Gasteiger partial charge in [-0.15, -0.1) is 11.3 Å². The maximum absolute atomic E-state index is 5.69. The lowest BCUT2D eigenvalue weighted by atomic mass is 9.98. The molecule has 0 radical (unpaired) electrons. The molecule has 1 N–H and O–H groups in total. The van der Waals surface area contributed by atoms with E-state index >= 15 is 0 Å². The lowest BCUT2D eigenvalue weighted by Crippen LogP contribution is -2.23. The van der Waals surface area contributed by atoms with E-state index in [1.165, 1.54) is 21.6 Å². The summed E-state index contributed by atoms with van der Waals surface area (Å²) in [5.41, 5.74) is 3.66. The average Bonchev–Trinajstić information content (AvgIpc) is 2.89. The van der Waals surface area contributed by atoms with Gasteiger partial charge < -0.3 is 10.1 Å². The number of rotatable bonds is 6. The van der Waals surface area contributed by atoms with Crippen molar-refractivity contribution in [3.8, 4) is 5.75 Å². The molecule has 0 spiro atoms. The van der Waals surface area contributed by atoms with Crippen molar-refractivity contribution in [2.45, 2.75) is 40.2 Å². The number of nitrogens with one attached hydrogen (secondary N) is 1. The van der Waals surface area contributed by atoms with Crippen LogP contribution in [0, 0.1) is 20.8 Å². The lowest BCUT2D eigenvalue weighted by Gasteiger charge is -2.22. The van der Waals surface area contributed by atoms with E-state index in [0.29, 0.717) is 0 Å². The predicted octanol–water partition coefficient (Wildman–Crippen LogP) is 4.17. The largest absolute Gasteiger partial charge is 0.496 e. The van der Waals surface area contributed by atoms with Crippen molar-refractivity contribution >= 4 is 11.3 Å². The van der Waals surface area contributed by atoms with E-state index < -0.39 is 0 Å². The Labute approximate surface area is 131 Å². The minimum Gasteiger partial charge on any atom is -0.496 e. The monoisotopic (exact) mass is 304 g/mol. The zero-order chi connectivity index (χ0) is 15.4. The first-order valence-corrected chi connectivity index (χ1v) is 8.19. The number of benzene rings is 1. The third kappa shape index (κ3) is 3.44. The minimum atomic E-state index is 0.144. The summed E-state index contributed by atoms with van der Waals surface area (Å²) in [6, 6.07) is 4.48. The van der Waals surface area contributed by atoms with E-state index in [-0.39, 0.29) is 6.04 Å². The Morgan fingerprint density at radius 3 is 2.62 bits per heavy atom. The molecule has 0 aliphatic heterocycles. The molecule has 4 heteroatoms. The van der Waals surface area contributed by atoms with E-state index in [9.17, 15) is 0 Å². The molecule has 0 saturated heterocycles. The maximum Gasteiger partial charge on any atom is 0.127 e. The van der Waals surface area contributed by atoms with E-state index in [1.54, 1.807) is 18.4 Å². The molecule has 1 aromatic heterocycles. The smallest absolute Gasteiger partial charge is 0.127 e. The number of methoxy groups -OCH3 is 1. The van der Waals surface area contributed by atoms with Crippen LogP contribution in [-0.4, -0.2) is 18.6 Å². The molecule has 2 rings (SSSR count). The molecule has 0 aliphatic rings. The first-order valence-electron chi connectivity index (χ1n) is 7.38. The zero-order valence-electron chi connectivity index (χ0n) is 13.5. The zero-order valence-corrected chi connectivity index (χ0v) is 14.3. The van der Waals surface area contributed by atoms with Crippen molar-refractivity contribution in [2.24, 2.45) is 0 Å². The fourth-order valence-electron chi connectivity index (χ4n) is 2.47. The third-order valence-electron chi connectivity index (χ3n) is 3.74. The Balaban J connectivity index is 2.48. The molecule has 0 fully saturated rings. The number of thiazole rings is 1.